The summed E-state index contributed by atoms with van der Waals surface area (Å²) in [7, 11) is 5.29. The fraction of sp³-hybridized carbons (Fsp3) is 0.286. The van der Waals surface area contributed by atoms with Gasteiger partial charge in [0.05, 0.1) is 0 Å². The third-order valence-corrected chi connectivity index (χ3v) is 2.81. The lowest BCUT2D eigenvalue weighted by atomic mass is 10.2. The SMILES string of the molecule is CN(C)C(=O)c1ccc(N(C)Cc2cccnc2)nn1. The lowest BCUT2D eigenvalue weighted by Crippen LogP contribution is -2.24. The van der Waals surface area contributed by atoms with Crippen LogP contribution in [0.25, 0.3) is 0 Å². The highest BCUT2D eigenvalue weighted by Crippen LogP contribution is 2.11. The fourth-order valence-electron chi connectivity index (χ4n) is 1.72. The Morgan fingerprint density at radius 2 is 1.95 bits per heavy atom. The van der Waals surface area contributed by atoms with Gasteiger partial charge in [0.1, 0.15) is 0 Å². The molecule has 6 heteroatoms. The molecule has 0 N–H and O–H groups in total. The molecule has 1 amide bonds. The largest absolute Gasteiger partial charge is 0.354 e. The molecule has 0 unspecified atom stereocenters. The minimum atomic E-state index is -0.154. The van der Waals surface area contributed by atoms with Crippen LogP contribution in [-0.4, -0.2) is 47.1 Å². The Morgan fingerprint density at radius 1 is 1.15 bits per heavy atom. The summed E-state index contributed by atoms with van der Waals surface area (Å²) in [5.74, 6) is 0.558. The first-order valence-electron chi connectivity index (χ1n) is 6.23. The number of anilines is 1. The third kappa shape index (κ3) is 3.28. The van der Waals surface area contributed by atoms with E-state index >= 15 is 0 Å². The van der Waals surface area contributed by atoms with E-state index in [1.807, 2.05) is 30.3 Å². The molecule has 0 aliphatic rings. The molecule has 2 rings (SSSR count). The van der Waals surface area contributed by atoms with Gasteiger partial charge >= 0.3 is 0 Å². The maximum atomic E-state index is 11.7. The van der Waals surface area contributed by atoms with Gasteiger partial charge in [-0.15, -0.1) is 10.2 Å². The van der Waals surface area contributed by atoms with E-state index in [0.717, 1.165) is 5.56 Å². The first-order chi connectivity index (χ1) is 9.58. The minimum Gasteiger partial charge on any atom is -0.354 e. The van der Waals surface area contributed by atoms with Gasteiger partial charge in [-0.05, 0) is 23.8 Å². The van der Waals surface area contributed by atoms with Crippen molar-refractivity contribution in [3.8, 4) is 0 Å². The van der Waals surface area contributed by atoms with Crippen molar-refractivity contribution < 1.29 is 4.79 Å². The highest BCUT2D eigenvalue weighted by Gasteiger charge is 2.11. The van der Waals surface area contributed by atoms with Crippen molar-refractivity contribution in [1.82, 2.24) is 20.1 Å². The Labute approximate surface area is 118 Å². The van der Waals surface area contributed by atoms with E-state index < -0.39 is 0 Å². The predicted molar refractivity (Wildman–Crippen MR) is 76.4 cm³/mol. The smallest absolute Gasteiger partial charge is 0.273 e. The molecular formula is C14H17N5O. The number of pyridine rings is 1. The second-order valence-electron chi connectivity index (χ2n) is 4.69. The van der Waals surface area contributed by atoms with Gasteiger partial charge < -0.3 is 9.80 Å². The van der Waals surface area contributed by atoms with Crippen molar-refractivity contribution in [2.45, 2.75) is 6.54 Å². The molecule has 0 saturated heterocycles. The number of hydrogen-bond donors (Lipinski definition) is 0. The Balaban J connectivity index is 2.08. The highest BCUT2D eigenvalue weighted by molar-refractivity contribution is 5.91. The molecule has 6 nitrogen and oxygen atoms in total. The number of carbonyl (C=O) groups is 1. The monoisotopic (exact) mass is 271 g/mol. The van der Waals surface area contributed by atoms with Crippen LogP contribution in [0.3, 0.4) is 0 Å². The molecule has 0 atom stereocenters. The van der Waals surface area contributed by atoms with Crippen LogP contribution in [0.1, 0.15) is 16.1 Å². The average molecular weight is 271 g/mol. The highest BCUT2D eigenvalue weighted by atomic mass is 16.2. The molecular weight excluding hydrogens is 254 g/mol. The van der Waals surface area contributed by atoms with Crippen LogP contribution in [-0.2, 0) is 6.54 Å². The van der Waals surface area contributed by atoms with Crippen molar-refractivity contribution >= 4 is 11.7 Å². The molecule has 20 heavy (non-hydrogen) atoms. The lowest BCUT2D eigenvalue weighted by molar-refractivity contribution is 0.0821. The maximum Gasteiger partial charge on any atom is 0.273 e. The molecule has 0 aliphatic carbocycles. The molecule has 0 aromatic carbocycles. The van der Waals surface area contributed by atoms with E-state index in [9.17, 15) is 4.79 Å². The van der Waals surface area contributed by atoms with Gasteiger partial charge in [-0.2, -0.15) is 0 Å². The molecule has 2 heterocycles. The molecule has 0 radical (unpaired) electrons. The van der Waals surface area contributed by atoms with Gasteiger partial charge in [0.2, 0.25) is 0 Å². The van der Waals surface area contributed by atoms with E-state index in [2.05, 4.69) is 15.2 Å². The normalized spacial score (nSPS) is 10.2. The zero-order valence-electron chi connectivity index (χ0n) is 11.8. The summed E-state index contributed by atoms with van der Waals surface area (Å²) in [4.78, 5) is 19.2. The number of rotatable bonds is 4. The minimum absolute atomic E-state index is 0.154. The molecule has 0 spiro atoms. The second kappa shape index (κ2) is 6.10. The van der Waals surface area contributed by atoms with Gasteiger partial charge in [-0.1, -0.05) is 6.07 Å². The first-order valence-corrected chi connectivity index (χ1v) is 6.23. The van der Waals surface area contributed by atoms with Crippen molar-refractivity contribution in [3.63, 3.8) is 0 Å². The van der Waals surface area contributed by atoms with Gasteiger partial charge in [0.15, 0.2) is 11.5 Å². The van der Waals surface area contributed by atoms with Gasteiger partial charge in [0, 0.05) is 40.1 Å². The van der Waals surface area contributed by atoms with E-state index in [-0.39, 0.29) is 5.91 Å². The standard InChI is InChI=1S/C14H17N5O/c1-18(2)14(20)12-6-7-13(17-16-12)19(3)10-11-5-4-8-15-9-11/h4-9H,10H2,1-3H3. The van der Waals surface area contributed by atoms with Crippen LogP contribution in [0.15, 0.2) is 36.7 Å². The van der Waals surface area contributed by atoms with Crippen LogP contribution in [0.4, 0.5) is 5.82 Å². The number of hydrogen-bond acceptors (Lipinski definition) is 5. The quantitative estimate of drug-likeness (QED) is 0.836. The molecule has 0 saturated carbocycles. The van der Waals surface area contributed by atoms with Gasteiger partial charge in [-0.3, -0.25) is 9.78 Å². The van der Waals surface area contributed by atoms with Crippen molar-refractivity contribution in [3.05, 3.63) is 47.9 Å². The summed E-state index contributed by atoms with van der Waals surface area (Å²) < 4.78 is 0. The van der Waals surface area contributed by atoms with Crippen LogP contribution in [0, 0.1) is 0 Å². The van der Waals surface area contributed by atoms with Crippen molar-refractivity contribution in [2.75, 3.05) is 26.0 Å². The number of amides is 1. The second-order valence-corrected chi connectivity index (χ2v) is 4.69. The van der Waals surface area contributed by atoms with Crippen LogP contribution in [0.5, 0.6) is 0 Å². The summed E-state index contributed by atoms with van der Waals surface area (Å²) in [5.41, 5.74) is 1.43. The summed E-state index contributed by atoms with van der Waals surface area (Å²) in [6, 6.07) is 7.37. The first kappa shape index (κ1) is 13.9. The zero-order valence-corrected chi connectivity index (χ0v) is 11.8. The van der Waals surface area contributed by atoms with Gasteiger partial charge in [0.25, 0.3) is 5.91 Å². The van der Waals surface area contributed by atoms with E-state index in [1.54, 1.807) is 32.4 Å². The maximum absolute atomic E-state index is 11.7. The Kier molecular flexibility index (Phi) is 4.24. The number of carbonyl (C=O) groups excluding carboxylic acids is 1. The number of aromatic nitrogens is 3. The van der Waals surface area contributed by atoms with Gasteiger partial charge in [-0.25, -0.2) is 0 Å². The average Bonchev–Trinajstić information content (AvgIpc) is 2.47. The van der Waals surface area contributed by atoms with E-state index in [0.29, 0.717) is 18.1 Å². The van der Waals surface area contributed by atoms with E-state index in [1.165, 1.54) is 4.90 Å². The summed E-state index contributed by atoms with van der Waals surface area (Å²) in [5, 5.41) is 8.05. The molecule has 2 aromatic rings. The summed E-state index contributed by atoms with van der Waals surface area (Å²) >= 11 is 0. The van der Waals surface area contributed by atoms with Crippen LogP contribution in [0.2, 0.25) is 0 Å². The molecule has 0 aliphatic heterocycles. The predicted octanol–water partition coefficient (Wildman–Crippen LogP) is 1.21. The van der Waals surface area contributed by atoms with Crippen molar-refractivity contribution in [2.24, 2.45) is 0 Å². The Morgan fingerprint density at radius 3 is 2.50 bits per heavy atom. The fourth-order valence-corrected chi connectivity index (χ4v) is 1.72. The third-order valence-electron chi connectivity index (χ3n) is 2.81. The Hall–Kier alpha value is -2.50. The molecule has 0 bridgehead atoms. The Bertz CT molecular complexity index is 568. The lowest BCUT2D eigenvalue weighted by Gasteiger charge is -2.17. The number of nitrogens with zero attached hydrogens (tertiary/aromatic N) is 5. The zero-order chi connectivity index (χ0) is 14.5. The summed E-state index contributed by atoms with van der Waals surface area (Å²) in [6.45, 7) is 0.684. The molecule has 104 valence electrons. The van der Waals surface area contributed by atoms with Crippen molar-refractivity contribution in [1.29, 1.82) is 0 Å². The van der Waals surface area contributed by atoms with Crippen LogP contribution < -0.4 is 4.90 Å². The van der Waals surface area contributed by atoms with Crippen LogP contribution >= 0.6 is 0 Å². The molecule has 0 fully saturated rings. The summed E-state index contributed by atoms with van der Waals surface area (Å²) in [6.07, 6.45) is 3.55. The topological polar surface area (TPSA) is 62.2 Å². The molecule has 2 aromatic heterocycles. The van der Waals surface area contributed by atoms with E-state index in [4.69, 9.17) is 0 Å².